The van der Waals surface area contributed by atoms with Crippen LogP contribution >= 0.6 is 34.8 Å². The molecule has 0 saturated heterocycles. The van der Waals surface area contributed by atoms with E-state index in [1.54, 1.807) is 31.5 Å². The molecule has 1 heterocycles. The highest BCUT2D eigenvalue weighted by Gasteiger charge is 2.34. The van der Waals surface area contributed by atoms with E-state index < -0.39 is 21.3 Å². The van der Waals surface area contributed by atoms with Crippen molar-refractivity contribution in [2.24, 2.45) is 0 Å². The number of halogens is 3. The number of carbonyl (C=O) groups is 2. The van der Waals surface area contributed by atoms with E-state index in [9.17, 15) is 9.59 Å². The van der Waals surface area contributed by atoms with Gasteiger partial charge in [0.25, 0.3) is 3.79 Å². The van der Waals surface area contributed by atoms with Gasteiger partial charge in [0.05, 0.1) is 0 Å². The molecule has 1 rings (SSSR count). The maximum atomic E-state index is 11.9. The Bertz CT molecular complexity index is 533. The number of Topliss-reactive ketones (excluding diaryl/α,β-unsaturated/α-hetero) is 1. The van der Waals surface area contributed by atoms with Gasteiger partial charge >= 0.3 is 6.09 Å². The molecule has 0 fully saturated rings. The van der Waals surface area contributed by atoms with E-state index in [0.29, 0.717) is 19.5 Å². The van der Waals surface area contributed by atoms with Crippen molar-refractivity contribution in [3.63, 3.8) is 0 Å². The molecule has 0 aliphatic carbocycles. The number of aryl methyl sites for hydroxylation is 1. The van der Waals surface area contributed by atoms with Crippen molar-refractivity contribution in [1.82, 2.24) is 14.9 Å². The Labute approximate surface area is 144 Å². The molecule has 9 heteroatoms. The second-order valence-electron chi connectivity index (χ2n) is 5.55. The maximum Gasteiger partial charge on any atom is 0.407 e. The molecule has 22 heavy (non-hydrogen) atoms. The average Bonchev–Trinajstić information content (AvgIpc) is 2.78. The number of rotatable bonds is 5. The van der Waals surface area contributed by atoms with Crippen molar-refractivity contribution in [3.05, 3.63) is 18.2 Å². The van der Waals surface area contributed by atoms with Crippen LogP contribution in [0.3, 0.4) is 0 Å². The van der Waals surface area contributed by atoms with Gasteiger partial charge in [0, 0.05) is 25.5 Å². The lowest BCUT2D eigenvalue weighted by molar-refractivity contribution is 0.0526. The molecule has 0 aromatic carbocycles. The first-order valence-corrected chi connectivity index (χ1v) is 7.73. The van der Waals surface area contributed by atoms with Gasteiger partial charge in [-0.05, 0) is 27.2 Å². The molecule has 1 aromatic heterocycles. The van der Waals surface area contributed by atoms with Crippen molar-refractivity contribution < 1.29 is 14.3 Å². The fourth-order valence-corrected chi connectivity index (χ4v) is 1.83. The number of amides is 1. The van der Waals surface area contributed by atoms with Gasteiger partial charge in [0.2, 0.25) is 5.78 Å². The van der Waals surface area contributed by atoms with Crippen molar-refractivity contribution in [1.29, 1.82) is 0 Å². The molecule has 0 aliphatic rings. The predicted octanol–water partition coefficient (Wildman–Crippen LogP) is 3.35. The summed E-state index contributed by atoms with van der Waals surface area (Å²) in [4.78, 5) is 27.2. The fourth-order valence-electron chi connectivity index (χ4n) is 1.58. The van der Waals surface area contributed by atoms with Crippen LogP contribution in [0, 0.1) is 0 Å². The number of ketones is 1. The third-order valence-electron chi connectivity index (χ3n) is 2.42. The van der Waals surface area contributed by atoms with Gasteiger partial charge in [0.15, 0.2) is 5.82 Å². The third-order valence-corrected chi connectivity index (χ3v) is 2.93. The van der Waals surface area contributed by atoms with Crippen molar-refractivity contribution >= 4 is 46.7 Å². The first kappa shape index (κ1) is 19.1. The SMILES string of the molecule is CC(C)(C)OC(=O)NCCCn1ccnc1C(=O)C(Cl)(Cl)Cl. The van der Waals surface area contributed by atoms with Gasteiger partial charge < -0.3 is 14.6 Å². The van der Waals surface area contributed by atoms with Crippen LogP contribution in [0.1, 0.15) is 37.8 Å². The van der Waals surface area contributed by atoms with E-state index in [-0.39, 0.29) is 5.82 Å². The zero-order valence-corrected chi connectivity index (χ0v) is 14.8. The van der Waals surface area contributed by atoms with E-state index in [1.807, 2.05) is 0 Å². The van der Waals surface area contributed by atoms with Crippen LogP contribution in [0.2, 0.25) is 0 Å². The lowest BCUT2D eigenvalue weighted by Gasteiger charge is -2.19. The van der Waals surface area contributed by atoms with Gasteiger partial charge in [-0.2, -0.15) is 0 Å². The Morgan fingerprint density at radius 2 is 1.95 bits per heavy atom. The Morgan fingerprint density at radius 1 is 1.32 bits per heavy atom. The summed E-state index contributed by atoms with van der Waals surface area (Å²) in [5.74, 6) is -0.625. The molecule has 1 N–H and O–H groups in total. The number of hydrogen-bond donors (Lipinski definition) is 1. The van der Waals surface area contributed by atoms with E-state index in [2.05, 4.69) is 10.3 Å². The number of alkyl carbamates (subject to hydrolysis) is 1. The summed E-state index contributed by atoms with van der Waals surface area (Å²) in [5, 5.41) is 2.62. The number of ether oxygens (including phenoxy) is 1. The quantitative estimate of drug-likeness (QED) is 0.490. The molecule has 6 nitrogen and oxygen atoms in total. The van der Waals surface area contributed by atoms with Crippen LogP contribution in [0.15, 0.2) is 12.4 Å². The highest BCUT2D eigenvalue weighted by atomic mass is 35.6. The fraction of sp³-hybridized carbons (Fsp3) is 0.615. The van der Waals surface area contributed by atoms with Crippen molar-refractivity contribution in [2.75, 3.05) is 6.54 Å². The van der Waals surface area contributed by atoms with Crippen LogP contribution in [0.5, 0.6) is 0 Å². The summed E-state index contributed by atoms with van der Waals surface area (Å²) in [6.07, 6.45) is 3.13. The van der Waals surface area contributed by atoms with Crippen LogP contribution < -0.4 is 5.32 Å². The number of imidazole rings is 1. The summed E-state index contributed by atoms with van der Waals surface area (Å²) in [5.41, 5.74) is -0.543. The largest absolute Gasteiger partial charge is 0.444 e. The molecular formula is C13H18Cl3N3O3. The zero-order valence-electron chi connectivity index (χ0n) is 12.5. The molecule has 0 spiro atoms. The molecule has 0 bridgehead atoms. The second kappa shape index (κ2) is 7.53. The normalized spacial score (nSPS) is 12.1. The summed E-state index contributed by atoms with van der Waals surface area (Å²) >= 11 is 16.7. The Balaban J connectivity index is 2.46. The highest BCUT2D eigenvalue weighted by molar-refractivity contribution is 6.77. The Morgan fingerprint density at radius 3 is 2.50 bits per heavy atom. The molecule has 1 amide bonds. The summed E-state index contributed by atoms with van der Waals surface area (Å²) in [7, 11) is 0. The highest BCUT2D eigenvalue weighted by Crippen LogP contribution is 2.29. The topological polar surface area (TPSA) is 73.2 Å². The van der Waals surface area contributed by atoms with Crippen molar-refractivity contribution in [3.8, 4) is 0 Å². The smallest absolute Gasteiger partial charge is 0.407 e. The van der Waals surface area contributed by atoms with Gasteiger partial charge in [0.1, 0.15) is 5.60 Å². The first-order valence-electron chi connectivity index (χ1n) is 6.60. The third kappa shape index (κ3) is 6.42. The number of nitrogens with one attached hydrogen (secondary N) is 1. The monoisotopic (exact) mass is 369 g/mol. The predicted molar refractivity (Wildman–Crippen MR) is 85.7 cm³/mol. The standard InChI is InChI=1S/C13H18Cl3N3O3/c1-12(2,3)22-11(21)18-5-4-7-19-8-6-17-10(19)9(20)13(14,15)16/h6,8H,4-5,7H2,1-3H3,(H,18,21). The molecule has 0 unspecified atom stereocenters. The van der Waals surface area contributed by atoms with Crippen LogP contribution in [-0.2, 0) is 11.3 Å². The maximum absolute atomic E-state index is 11.9. The van der Waals surface area contributed by atoms with Gasteiger partial charge in [-0.15, -0.1) is 0 Å². The molecule has 124 valence electrons. The van der Waals surface area contributed by atoms with Crippen LogP contribution in [0.25, 0.3) is 0 Å². The van der Waals surface area contributed by atoms with E-state index >= 15 is 0 Å². The molecule has 0 atom stereocenters. The number of hydrogen-bond acceptors (Lipinski definition) is 4. The lowest BCUT2D eigenvalue weighted by atomic mass is 10.2. The van der Waals surface area contributed by atoms with E-state index in [1.165, 1.54) is 6.20 Å². The number of nitrogens with zero attached hydrogens (tertiary/aromatic N) is 2. The van der Waals surface area contributed by atoms with E-state index in [0.717, 1.165) is 0 Å². The van der Waals surface area contributed by atoms with Crippen LogP contribution in [0.4, 0.5) is 4.79 Å². The Hall–Kier alpha value is -0.980. The molecule has 0 radical (unpaired) electrons. The van der Waals surface area contributed by atoms with Crippen LogP contribution in [-0.4, -0.2) is 37.4 Å². The van der Waals surface area contributed by atoms with Crippen molar-refractivity contribution in [2.45, 2.75) is 43.1 Å². The zero-order chi connectivity index (χ0) is 17.0. The van der Waals surface area contributed by atoms with Gasteiger partial charge in [-0.25, -0.2) is 9.78 Å². The van der Waals surface area contributed by atoms with Gasteiger partial charge in [-0.3, -0.25) is 4.79 Å². The molecule has 1 aromatic rings. The minimum absolute atomic E-state index is 0.0669. The minimum atomic E-state index is -2.04. The van der Waals surface area contributed by atoms with E-state index in [4.69, 9.17) is 39.5 Å². The number of aromatic nitrogens is 2. The summed E-state index contributed by atoms with van der Waals surface area (Å²) in [6.45, 7) is 6.18. The number of alkyl halides is 3. The second-order valence-corrected chi connectivity index (χ2v) is 7.83. The molecule has 0 aliphatic heterocycles. The molecule has 0 saturated carbocycles. The summed E-state index contributed by atoms with van der Waals surface area (Å²) in [6, 6.07) is 0. The minimum Gasteiger partial charge on any atom is -0.444 e. The summed E-state index contributed by atoms with van der Waals surface area (Å²) < 4.78 is 4.63. The Kier molecular flexibility index (Phi) is 6.52. The van der Waals surface area contributed by atoms with Gasteiger partial charge in [-0.1, -0.05) is 34.8 Å². The average molecular weight is 371 g/mol. The number of carbonyl (C=O) groups excluding carboxylic acids is 2. The first-order chi connectivity index (χ1) is 10.0. The molecular weight excluding hydrogens is 353 g/mol. The lowest BCUT2D eigenvalue weighted by Crippen LogP contribution is -2.33.